The fraction of sp³-hybridized carbons (Fsp3) is 0.333. The number of carbonyl (C=O) groups is 1. The van der Waals surface area contributed by atoms with Crippen molar-refractivity contribution in [3.8, 4) is 11.1 Å². The Kier molecular flexibility index (Phi) is 5.55. The lowest BCUT2D eigenvalue weighted by molar-refractivity contribution is 0.0303. The molecule has 3 aromatic rings. The van der Waals surface area contributed by atoms with Crippen LogP contribution < -0.4 is 5.32 Å². The van der Waals surface area contributed by atoms with Gasteiger partial charge in [-0.15, -0.1) is 0 Å². The number of aromatic nitrogens is 2. The molecule has 0 aliphatic carbocycles. The number of amides is 1. The zero-order chi connectivity index (χ0) is 19.3. The summed E-state index contributed by atoms with van der Waals surface area (Å²) in [6, 6.07) is 9.73. The van der Waals surface area contributed by atoms with Gasteiger partial charge in [-0.3, -0.25) is 4.79 Å². The Morgan fingerprint density at radius 1 is 1.25 bits per heavy atom. The highest BCUT2D eigenvalue weighted by atomic mass is 16.5. The van der Waals surface area contributed by atoms with Crippen LogP contribution in [0.3, 0.4) is 0 Å². The number of methoxy groups -OCH3 is 1. The number of anilines is 1. The van der Waals surface area contributed by atoms with Crippen molar-refractivity contribution in [3.05, 3.63) is 48.3 Å². The molecule has 1 aromatic carbocycles. The number of H-pyrrole nitrogens is 1. The van der Waals surface area contributed by atoms with Crippen LogP contribution in [0.15, 0.2) is 42.7 Å². The maximum Gasteiger partial charge on any atom is 0.254 e. The van der Waals surface area contributed by atoms with Crippen molar-refractivity contribution in [1.82, 2.24) is 14.9 Å². The molecule has 0 saturated carbocycles. The second-order valence-electron chi connectivity index (χ2n) is 6.69. The predicted molar refractivity (Wildman–Crippen MR) is 109 cm³/mol. The molecular formula is C21H24N4O3. The summed E-state index contributed by atoms with van der Waals surface area (Å²) in [7, 11) is 1.69. The molecule has 2 N–H and O–H groups in total. The molecule has 2 aromatic heterocycles. The van der Waals surface area contributed by atoms with Crippen LogP contribution in [0, 0.1) is 0 Å². The summed E-state index contributed by atoms with van der Waals surface area (Å²) in [6.07, 6.45) is 3.74. The molecule has 1 saturated heterocycles. The van der Waals surface area contributed by atoms with Crippen LogP contribution >= 0.6 is 0 Å². The van der Waals surface area contributed by atoms with Crippen LogP contribution in [-0.2, 0) is 9.47 Å². The Morgan fingerprint density at radius 3 is 2.79 bits per heavy atom. The normalized spacial score (nSPS) is 14.4. The van der Waals surface area contributed by atoms with E-state index in [1.165, 1.54) is 0 Å². The molecule has 4 rings (SSSR count). The molecule has 1 amide bonds. The smallest absolute Gasteiger partial charge is 0.254 e. The van der Waals surface area contributed by atoms with Gasteiger partial charge in [0.05, 0.1) is 25.5 Å². The number of nitrogens with zero attached hydrogens (tertiary/aromatic N) is 2. The first-order valence-corrected chi connectivity index (χ1v) is 9.44. The van der Waals surface area contributed by atoms with E-state index >= 15 is 0 Å². The fourth-order valence-electron chi connectivity index (χ4n) is 3.44. The van der Waals surface area contributed by atoms with Crippen LogP contribution in [0.25, 0.3) is 22.2 Å². The van der Waals surface area contributed by atoms with Gasteiger partial charge in [0.25, 0.3) is 5.91 Å². The topological polar surface area (TPSA) is 79.5 Å². The minimum Gasteiger partial charge on any atom is -0.383 e. The molecule has 0 bridgehead atoms. The predicted octanol–water partition coefficient (Wildman–Crippen LogP) is 2.76. The molecule has 0 unspecified atom stereocenters. The number of hydrogen-bond donors (Lipinski definition) is 2. The number of pyridine rings is 1. The van der Waals surface area contributed by atoms with Crippen molar-refractivity contribution in [2.75, 3.05) is 51.9 Å². The Morgan fingerprint density at radius 2 is 2.04 bits per heavy atom. The zero-order valence-electron chi connectivity index (χ0n) is 15.9. The van der Waals surface area contributed by atoms with E-state index in [2.05, 4.69) is 15.3 Å². The number of morpholine rings is 1. The Bertz CT molecular complexity index is 946. The van der Waals surface area contributed by atoms with Crippen molar-refractivity contribution >= 4 is 22.6 Å². The highest BCUT2D eigenvalue weighted by molar-refractivity contribution is 5.99. The number of rotatable bonds is 6. The van der Waals surface area contributed by atoms with E-state index in [0.29, 0.717) is 45.0 Å². The van der Waals surface area contributed by atoms with E-state index in [9.17, 15) is 4.79 Å². The van der Waals surface area contributed by atoms with Gasteiger partial charge < -0.3 is 24.7 Å². The van der Waals surface area contributed by atoms with E-state index < -0.39 is 0 Å². The molecule has 0 atom stereocenters. The number of aromatic amines is 1. The summed E-state index contributed by atoms with van der Waals surface area (Å²) in [5.41, 5.74) is 4.54. The molecule has 1 aliphatic rings. The molecule has 0 spiro atoms. The molecular weight excluding hydrogens is 356 g/mol. The summed E-state index contributed by atoms with van der Waals surface area (Å²) < 4.78 is 10.5. The number of hydrogen-bond acceptors (Lipinski definition) is 5. The minimum atomic E-state index is 0.0486. The first-order chi connectivity index (χ1) is 13.8. The summed E-state index contributed by atoms with van der Waals surface area (Å²) in [6.45, 7) is 3.79. The van der Waals surface area contributed by atoms with Gasteiger partial charge in [0.15, 0.2) is 0 Å². The lowest BCUT2D eigenvalue weighted by atomic mass is 10.0. The van der Waals surface area contributed by atoms with Gasteiger partial charge in [-0.25, -0.2) is 4.98 Å². The van der Waals surface area contributed by atoms with Crippen molar-refractivity contribution in [3.63, 3.8) is 0 Å². The lowest BCUT2D eigenvalue weighted by Gasteiger charge is -2.26. The second-order valence-corrected chi connectivity index (χ2v) is 6.69. The summed E-state index contributed by atoms with van der Waals surface area (Å²) in [5, 5.41) is 4.49. The van der Waals surface area contributed by atoms with E-state index in [1.807, 2.05) is 47.6 Å². The minimum absolute atomic E-state index is 0.0486. The first-order valence-electron chi connectivity index (χ1n) is 9.44. The van der Waals surface area contributed by atoms with Crippen LogP contribution in [0.4, 0.5) is 5.69 Å². The molecule has 1 aliphatic heterocycles. The highest BCUT2D eigenvalue weighted by Gasteiger charge is 2.19. The van der Waals surface area contributed by atoms with E-state index in [1.54, 1.807) is 7.11 Å². The van der Waals surface area contributed by atoms with Crippen LogP contribution in [0.5, 0.6) is 0 Å². The van der Waals surface area contributed by atoms with Gasteiger partial charge in [0, 0.05) is 55.7 Å². The number of carbonyl (C=O) groups excluding carboxylic acids is 1. The number of benzene rings is 1. The quantitative estimate of drug-likeness (QED) is 0.643. The fourth-order valence-corrected chi connectivity index (χ4v) is 3.44. The Hall–Kier alpha value is -2.90. The van der Waals surface area contributed by atoms with E-state index in [-0.39, 0.29) is 5.91 Å². The molecule has 0 radical (unpaired) electrons. The molecule has 1 fully saturated rings. The van der Waals surface area contributed by atoms with Crippen LogP contribution in [0.1, 0.15) is 10.4 Å². The van der Waals surface area contributed by atoms with Crippen molar-refractivity contribution in [2.45, 2.75) is 0 Å². The van der Waals surface area contributed by atoms with Gasteiger partial charge in [-0.2, -0.15) is 0 Å². The third-order valence-electron chi connectivity index (χ3n) is 4.94. The van der Waals surface area contributed by atoms with Gasteiger partial charge in [-0.05, 0) is 23.8 Å². The maximum absolute atomic E-state index is 12.7. The maximum atomic E-state index is 12.7. The molecule has 28 heavy (non-hydrogen) atoms. The van der Waals surface area contributed by atoms with Gasteiger partial charge in [0.2, 0.25) is 0 Å². The summed E-state index contributed by atoms with van der Waals surface area (Å²) in [5.74, 6) is 0.0486. The average Bonchev–Trinajstić information content (AvgIpc) is 3.23. The first kappa shape index (κ1) is 18.5. The zero-order valence-corrected chi connectivity index (χ0v) is 15.9. The third kappa shape index (κ3) is 3.72. The van der Waals surface area contributed by atoms with Gasteiger partial charge in [-0.1, -0.05) is 12.1 Å². The third-order valence-corrected chi connectivity index (χ3v) is 4.94. The standard InChI is InChI=1S/C21H24N4O3/c1-27-11-8-22-19-17-6-7-23-20(17)24-14-18(19)15-2-4-16(5-3-15)21(26)25-9-12-28-13-10-25/h2-7,14H,8-13H2,1H3,(H2,22,23,24). The Labute approximate surface area is 163 Å². The van der Waals surface area contributed by atoms with Crippen LogP contribution in [0.2, 0.25) is 0 Å². The van der Waals surface area contributed by atoms with E-state index in [0.717, 1.165) is 27.8 Å². The number of nitrogens with one attached hydrogen (secondary N) is 2. The van der Waals surface area contributed by atoms with Crippen LogP contribution in [-0.4, -0.2) is 67.3 Å². The van der Waals surface area contributed by atoms with Gasteiger partial charge >= 0.3 is 0 Å². The number of ether oxygens (including phenoxy) is 2. The highest BCUT2D eigenvalue weighted by Crippen LogP contribution is 2.33. The molecule has 146 valence electrons. The van der Waals surface area contributed by atoms with E-state index in [4.69, 9.17) is 9.47 Å². The van der Waals surface area contributed by atoms with Crippen molar-refractivity contribution in [1.29, 1.82) is 0 Å². The van der Waals surface area contributed by atoms with Gasteiger partial charge in [0.1, 0.15) is 5.65 Å². The summed E-state index contributed by atoms with van der Waals surface area (Å²) >= 11 is 0. The SMILES string of the molecule is COCCNc1c(-c2ccc(C(=O)N3CCOCC3)cc2)cnc2[nH]ccc12. The largest absolute Gasteiger partial charge is 0.383 e. The van der Waals surface area contributed by atoms with Crippen molar-refractivity contribution < 1.29 is 14.3 Å². The average molecular weight is 380 g/mol. The monoisotopic (exact) mass is 380 g/mol. The lowest BCUT2D eigenvalue weighted by Crippen LogP contribution is -2.40. The molecule has 3 heterocycles. The Balaban J connectivity index is 1.62. The molecule has 7 heteroatoms. The number of fused-ring (bicyclic) bond motifs is 1. The second kappa shape index (κ2) is 8.41. The summed E-state index contributed by atoms with van der Waals surface area (Å²) in [4.78, 5) is 22.2. The molecule has 7 nitrogen and oxygen atoms in total. The van der Waals surface area contributed by atoms with Crippen molar-refractivity contribution in [2.24, 2.45) is 0 Å².